The molecule has 1 aliphatic heterocycles. The van der Waals surface area contributed by atoms with Crippen LogP contribution in [-0.2, 0) is 17.6 Å². The van der Waals surface area contributed by atoms with Crippen LogP contribution < -0.4 is 5.32 Å². The Morgan fingerprint density at radius 2 is 1.83 bits per heavy atom. The summed E-state index contributed by atoms with van der Waals surface area (Å²) in [5.74, 6) is 0.542. The molecule has 0 fully saturated rings. The van der Waals surface area contributed by atoms with E-state index < -0.39 is 0 Å². The first-order chi connectivity index (χ1) is 11.7. The van der Waals surface area contributed by atoms with Crippen molar-refractivity contribution in [2.45, 2.75) is 26.2 Å². The summed E-state index contributed by atoms with van der Waals surface area (Å²) >= 11 is 6.16. The third-order valence-electron chi connectivity index (χ3n) is 4.03. The molecular formula is C20H19ClN2O. The van der Waals surface area contributed by atoms with E-state index in [0.29, 0.717) is 18.0 Å². The fraction of sp³-hybridized carbons (Fsp3) is 0.200. The first kappa shape index (κ1) is 16.5. The Hall–Kier alpha value is -2.39. The number of nitrogens with zero attached hydrogens (tertiary/aromatic N) is 1. The Kier molecular flexibility index (Phi) is 5.11. The Morgan fingerprint density at radius 3 is 2.54 bits per heavy atom. The molecule has 0 spiro atoms. The summed E-state index contributed by atoms with van der Waals surface area (Å²) < 4.78 is 0. The molecule has 2 aromatic rings. The van der Waals surface area contributed by atoms with Crippen LogP contribution in [0.5, 0.6) is 0 Å². The Labute approximate surface area is 147 Å². The topological polar surface area (TPSA) is 41.5 Å². The van der Waals surface area contributed by atoms with Crippen molar-refractivity contribution < 1.29 is 4.79 Å². The second-order valence-electron chi connectivity index (χ2n) is 5.73. The lowest BCUT2D eigenvalue weighted by Gasteiger charge is -2.03. The van der Waals surface area contributed by atoms with E-state index >= 15 is 0 Å². The number of carbonyl (C=O) groups is 1. The SMILES string of the molecule is CCc1ccc(/C=C2/N=C(CCc3ccccc3Cl)NC2=O)cc1. The number of amides is 1. The van der Waals surface area contributed by atoms with Gasteiger partial charge in [-0.3, -0.25) is 4.79 Å². The van der Waals surface area contributed by atoms with Gasteiger partial charge in [-0.1, -0.05) is 61.0 Å². The van der Waals surface area contributed by atoms with Crippen molar-refractivity contribution in [2.75, 3.05) is 0 Å². The number of amidine groups is 1. The van der Waals surface area contributed by atoms with Crippen molar-refractivity contribution in [3.8, 4) is 0 Å². The van der Waals surface area contributed by atoms with E-state index in [1.807, 2.05) is 42.5 Å². The largest absolute Gasteiger partial charge is 0.309 e. The van der Waals surface area contributed by atoms with E-state index in [2.05, 4.69) is 29.4 Å². The summed E-state index contributed by atoms with van der Waals surface area (Å²) in [6, 6.07) is 15.9. The highest BCUT2D eigenvalue weighted by Crippen LogP contribution is 2.19. The first-order valence-electron chi connectivity index (χ1n) is 8.08. The molecule has 0 saturated heterocycles. The standard InChI is InChI=1S/C20H19ClN2O/c1-2-14-7-9-15(10-8-14)13-18-20(24)23-19(22-18)12-11-16-5-3-4-6-17(16)21/h3-10,13H,2,11-12H2,1H3,(H,22,23,24)/b18-13+. The number of carbonyl (C=O) groups excluding carboxylic acids is 1. The fourth-order valence-corrected chi connectivity index (χ4v) is 2.83. The quantitative estimate of drug-likeness (QED) is 0.806. The van der Waals surface area contributed by atoms with Gasteiger partial charge in [-0.05, 0) is 41.7 Å². The zero-order valence-corrected chi connectivity index (χ0v) is 14.3. The van der Waals surface area contributed by atoms with Crippen LogP contribution in [0.2, 0.25) is 5.02 Å². The third kappa shape index (κ3) is 3.92. The maximum absolute atomic E-state index is 12.1. The summed E-state index contributed by atoms with van der Waals surface area (Å²) in [5.41, 5.74) is 3.77. The van der Waals surface area contributed by atoms with Gasteiger partial charge in [-0.15, -0.1) is 0 Å². The number of benzene rings is 2. The zero-order chi connectivity index (χ0) is 16.9. The number of rotatable bonds is 5. The van der Waals surface area contributed by atoms with E-state index in [9.17, 15) is 4.79 Å². The molecule has 0 aromatic heterocycles. The van der Waals surface area contributed by atoms with Gasteiger partial charge in [-0.25, -0.2) is 4.99 Å². The molecule has 1 aliphatic rings. The Morgan fingerprint density at radius 1 is 1.08 bits per heavy atom. The summed E-state index contributed by atoms with van der Waals surface area (Å²) in [6.45, 7) is 2.12. The third-order valence-corrected chi connectivity index (χ3v) is 4.39. The average molecular weight is 339 g/mol. The summed E-state index contributed by atoms with van der Waals surface area (Å²) in [6.07, 6.45) is 4.22. The van der Waals surface area contributed by atoms with Crippen LogP contribution in [0.1, 0.15) is 30.0 Å². The molecule has 0 aliphatic carbocycles. The maximum Gasteiger partial charge on any atom is 0.275 e. The Balaban J connectivity index is 1.70. The molecule has 1 N–H and O–H groups in total. The smallest absolute Gasteiger partial charge is 0.275 e. The second-order valence-corrected chi connectivity index (χ2v) is 6.14. The molecule has 1 heterocycles. The molecule has 0 radical (unpaired) electrons. The van der Waals surface area contributed by atoms with E-state index in [1.165, 1.54) is 5.56 Å². The molecule has 1 amide bonds. The van der Waals surface area contributed by atoms with Crippen molar-refractivity contribution >= 4 is 29.4 Å². The van der Waals surface area contributed by atoms with Gasteiger partial charge in [0.25, 0.3) is 5.91 Å². The molecule has 2 aromatic carbocycles. The van der Waals surface area contributed by atoms with Crippen LogP contribution in [0.3, 0.4) is 0 Å². The molecule has 4 heteroatoms. The highest BCUT2D eigenvalue weighted by atomic mass is 35.5. The molecule has 0 atom stereocenters. The number of hydrogen-bond donors (Lipinski definition) is 1. The van der Waals surface area contributed by atoms with Crippen LogP contribution >= 0.6 is 11.6 Å². The maximum atomic E-state index is 12.1. The molecule has 0 saturated carbocycles. The number of aliphatic imine (C=N–C) groups is 1. The summed E-state index contributed by atoms with van der Waals surface area (Å²) in [5, 5.41) is 3.58. The second kappa shape index (κ2) is 7.45. The fourth-order valence-electron chi connectivity index (χ4n) is 2.60. The van der Waals surface area contributed by atoms with Gasteiger partial charge in [0.15, 0.2) is 0 Å². The van der Waals surface area contributed by atoms with Crippen molar-refractivity contribution in [1.82, 2.24) is 5.32 Å². The highest BCUT2D eigenvalue weighted by molar-refractivity contribution is 6.31. The van der Waals surface area contributed by atoms with Crippen molar-refractivity contribution in [3.05, 3.63) is 75.9 Å². The molecule has 3 nitrogen and oxygen atoms in total. The van der Waals surface area contributed by atoms with Crippen LogP contribution in [0.25, 0.3) is 6.08 Å². The number of hydrogen-bond acceptors (Lipinski definition) is 2. The predicted molar refractivity (Wildman–Crippen MR) is 99.1 cm³/mol. The number of aryl methyl sites for hydroxylation is 2. The van der Waals surface area contributed by atoms with E-state index in [0.717, 1.165) is 29.0 Å². The van der Waals surface area contributed by atoms with Crippen molar-refractivity contribution in [3.63, 3.8) is 0 Å². The minimum Gasteiger partial charge on any atom is -0.309 e. The molecular weight excluding hydrogens is 320 g/mol. The van der Waals surface area contributed by atoms with Crippen molar-refractivity contribution in [1.29, 1.82) is 0 Å². The van der Waals surface area contributed by atoms with Gasteiger partial charge in [0.1, 0.15) is 11.5 Å². The van der Waals surface area contributed by atoms with Gasteiger partial charge in [0.05, 0.1) is 0 Å². The van der Waals surface area contributed by atoms with Gasteiger partial charge < -0.3 is 5.32 Å². The van der Waals surface area contributed by atoms with Crippen LogP contribution in [0.4, 0.5) is 0 Å². The number of nitrogens with one attached hydrogen (secondary N) is 1. The van der Waals surface area contributed by atoms with E-state index in [-0.39, 0.29) is 5.91 Å². The van der Waals surface area contributed by atoms with Gasteiger partial charge in [0.2, 0.25) is 0 Å². The molecule has 24 heavy (non-hydrogen) atoms. The molecule has 0 unspecified atom stereocenters. The van der Waals surface area contributed by atoms with Crippen LogP contribution in [0, 0.1) is 0 Å². The van der Waals surface area contributed by atoms with Crippen molar-refractivity contribution in [2.24, 2.45) is 4.99 Å². The first-order valence-corrected chi connectivity index (χ1v) is 8.46. The van der Waals surface area contributed by atoms with Crippen LogP contribution in [-0.4, -0.2) is 11.7 Å². The minimum atomic E-state index is -0.149. The average Bonchev–Trinajstić information content (AvgIpc) is 2.94. The van der Waals surface area contributed by atoms with Gasteiger partial charge in [-0.2, -0.15) is 0 Å². The van der Waals surface area contributed by atoms with E-state index in [1.54, 1.807) is 0 Å². The predicted octanol–water partition coefficient (Wildman–Crippen LogP) is 4.40. The number of halogens is 1. The Bertz CT molecular complexity index is 807. The normalized spacial score (nSPS) is 15.5. The zero-order valence-electron chi connectivity index (χ0n) is 13.6. The highest BCUT2D eigenvalue weighted by Gasteiger charge is 2.19. The monoisotopic (exact) mass is 338 g/mol. The lowest BCUT2D eigenvalue weighted by molar-refractivity contribution is -0.115. The molecule has 122 valence electrons. The van der Waals surface area contributed by atoms with Gasteiger partial charge >= 0.3 is 0 Å². The van der Waals surface area contributed by atoms with Gasteiger partial charge in [0, 0.05) is 11.4 Å². The summed E-state index contributed by atoms with van der Waals surface area (Å²) in [4.78, 5) is 16.5. The molecule has 0 bridgehead atoms. The van der Waals surface area contributed by atoms with E-state index in [4.69, 9.17) is 11.6 Å². The lowest BCUT2D eigenvalue weighted by atomic mass is 10.1. The molecule has 3 rings (SSSR count). The minimum absolute atomic E-state index is 0.149. The summed E-state index contributed by atoms with van der Waals surface area (Å²) in [7, 11) is 0. The van der Waals surface area contributed by atoms with Crippen LogP contribution in [0.15, 0.2) is 59.2 Å². The lowest BCUT2D eigenvalue weighted by Crippen LogP contribution is -2.24.